The van der Waals surface area contributed by atoms with E-state index in [2.05, 4.69) is 0 Å². The number of halogens is 2. The van der Waals surface area contributed by atoms with Gasteiger partial charge in [0.2, 0.25) is 5.91 Å². The minimum atomic E-state index is -0.901. The van der Waals surface area contributed by atoms with Crippen LogP contribution in [0.15, 0.2) is 18.2 Å². The Morgan fingerprint density at radius 1 is 1.32 bits per heavy atom. The number of carbonyl (C=O) groups excluding carboxylic acids is 1. The van der Waals surface area contributed by atoms with Gasteiger partial charge >= 0.3 is 0 Å². The van der Waals surface area contributed by atoms with Crippen LogP contribution in [0.1, 0.15) is 32.3 Å². The molecule has 0 aliphatic heterocycles. The molecular weight excluding hydrogens is 250 g/mol. The number of amides is 1. The molecule has 3 nitrogen and oxygen atoms in total. The van der Waals surface area contributed by atoms with E-state index in [0.29, 0.717) is 18.4 Å². The monoisotopic (exact) mass is 270 g/mol. The van der Waals surface area contributed by atoms with Gasteiger partial charge in [0.25, 0.3) is 0 Å². The molecule has 0 spiro atoms. The standard InChI is InChI=1S/C14H20F2N2O/c1-14(2,17)7-6-13(19)18(3)9-10-4-5-11(15)12(16)8-10/h4-5,8H,6-7,9,17H2,1-3H3. The quantitative estimate of drug-likeness (QED) is 0.893. The number of hydrogen-bond acceptors (Lipinski definition) is 2. The van der Waals surface area contributed by atoms with Crippen LogP contribution in [0.4, 0.5) is 8.78 Å². The molecule has 106 valence electrons. The third kappa shape index (κ3) is 5.34. The second-order valence-corrected chi connectivity index (χ2v) is 5.49. The van der Waals surface area contributed by atoms with Crippen molar-refractivity contribution in [3.63, 3.8) is 0 Å². The first kappa shape index (κ1) is 15.6. The van der Waals surface area contributed by atoms with Gasteiger partial charge in [-0.1, -0.05) is 6.07 Å². The average Bonchev–Trinajstić information content (AvgIpc) is 2.29. The van der Waals surface area contributed by atoms with E-state index in [-0.39, 0.29) is 12.5 Å². The molecule has 0 saturated heterocycles. The summed E-state index contributed by atoms with van der Waals surface area (Å²) in [6, 6.07) is 3.63. The van der Waals surface area contributed by atoms with Crippen LogP contribution in [0.2, 0.25) is 0 Å². The molecule has 0 radical (unpaired) electrons. The van der Waals surface area contributed by atoms with E-state index in [1.54, 1.807) is 7.05 Å². The zero-order valence-corrected chi connectivity index (χ0v) is 11.5. The van der Waals surface area contributed by atoms with Crippen molar-refractivity contribution in [2.45, 2.75) is 38.8 Å². The van der Waals surface area contributed by atoms with Crippen molar-refractivity contribution in [1.29, 1.82) is 0 Å². The summed E-state index contributed by atoms with van der Waals surface area (Å²) in [5.41, 5.74) is 5.98. The maximum atomic E-state index is 13.0. The van der Waals surface area contributed by atoms with Gasteiger partial charge in [-0.2, -0.15) is 0 Å². The lowest BCUT2D eigenvalue weighted by molar-refractivity contribution is -0.130. The Bertz CT molecular complexity index is 455. The lowest BCUT2D eigenvalue weighted by atomic mass is 10.00. The molecule has 1 amide bonds. The van der Waals surface area contributed by atoms with Crippen molar-refractivity contribution in [2.24, 2.45) is 5.73 Å². The van der Waals surface area contributed by atoms with E-state index in [1.807, 2.05) is 13.8 Å². The zero-order chi connectivity index (χ0) is 14.6. The maximum absolute atomic E-state index is 13.0. The van der Waals surface area contributed by atoms with Crippen LogP contribution in [0.3, 0.4) is 0 Å². The normalized spacial score (nSPS) is 11.5. The highest BCUT2D eigenvalue weighted by Crippen LogP contribution is 2.13. The smallest absolute Gasteiger partial charge is 0.222 e. The third-order valence-electron chi connectivity index (χ3n) is 2.81. The van der Waals surface area contributed by atoms with E-state index in [9.17, 15) is 13.6 Å². The molecule has 2 N–H and O–H groups in total. The molecule has 0 aromatic heterocycles. The van der Waals surface area contributed by atoms with E-state index < -0.39 is 17.2 Å². The van der Waals surface area contributed by atoms with Gasteiger partial charge < -0.3 is 10.6 Å². The van der Waals surface area contributed by atoms with Gasteiger partial charge in [-0.3, -0.25) is 4.79 Å². The van der Waals surface area contributed by atoms with E-state index in [0.717, 1.165) is 12.1 Å². The number of nitrogens with two attached hydrogens (primary N) is 1. The molecule has 1 aromatic rings. The average molecular weight is 270 g/mol. The van der Waals surface area contributed by atoms with Gasteiger partial charge in [0.1, 0.15) is 0 Å². The lowest BCUT2D eigenvalue weighted by Gasteiger charge is -2.21. The third-order valence-corrected chi connectivity index (χ3v) is 2.81. The van der Waals surface area contributed by atoms with E-state index in [1.165, 1.54) is 11.0 Å². The molecule has 5 heteroatoms. The number of hydrogen-bond donors (Lipinski definition) is 1. The fraction of sp³-hybridized carbons (Fsp3) is 0.500. The molecule has 0 atom stereocenters. The predicted octanol–water partition coefficient (Wildman–Crippen LogP) is 2.44. The number of nitrogens with zero attached hydrogens (tertiary/aromatic N) is 1. The van der Waals surface area contributed by atoms with Gasteiger partial charge in [0.15, 0.2) is 11.6 Å². The van der Waals surface area contributed by atoms with Gasteiger partial charge in [-0.25, -0.2) is 8.78 Å². The number of carbonyl (C=O) groups is 1. The zero-order valence-electron chi connectivity index (χ0n) is 11.5. The molecule has 0 aliphatic carbocycles. The Labute approximate surface area is 112 Å². The molecular formula is C14H20F2N2O. The highest BCUT2D eigenvalue weighted by Gasteiger charge is 2.16. The summed E-state index contributed by atoms with van der Waals surface area (Å²) in [5.74, 6) is -1.85. The first-order valence-corrected chi connectivity index (χ1v) is 6.16. The fourth-order valence-electron chi connectivity index (χ4n) is 1.62. The van der Waals surface area contributed by atoms with Crippen molar-refractivity contribution in [2.75, 3.05) is 7.05 Å². The van der Waals surface area contributed by atoms with Crippen molar-refractivity contribution in [3.05, 3.63) is 35.4 Å². The number of rotatable bonds is 5. The first-order valence-electron chi connectivity index (χ1n) is 6.16. The summed E-state index contributed by atoms with van der Waals surface area (Å²) in [6.07, 6.45) is 0.914. The van der Waals surface area contributed by atoms with Crippen molar-refractivity contribution in [1.82, 2.24) is 4.90 Å². The SMILES string of the molecule is CN(Cc1ccc(F)c(F)c1)C(=O)CCC(C)(C)N. The molecule has 0 aliphatic rings. The van der Waals surface area contributed by atoms with Crippen LogP contribution in [-0.2, 0) is 11.3 Å². The van der Waals surface area contributed by atoms with E-state index in [4.69, 9.17) is 5.73 Å². The Morgan fingerprint density at radius 3 is 2.47 bits per heavy atom. The lowest BCUT2D eigenvalue weighted by Crippen LogP contribution is -2.34. The molecule has 0 bridgehead atoms. The Morgan fingerprint density at radius 2 is 1.95 bits per heavy atom. The fourth-order valence-corrected chi connectivity index (χ4v) is 1.62. The summed E-state index contributed by atoms with van der Waals surface area (Å²) in [6.45, 7) is 3.96. The van der Waals surface area contributed by atoms with Crippen LogP contribution in [-0.4, -0.2) is 23.4 Å². The Hall–Kier alpha value is -1.49. The predicted molar refractivity (Wildman–Crippen MR) is 70.3 cm³/mol. The van der Waals surface area contributed by atoms with Gasteiger partial charge in [0, 0.05) is 25.6 Å². The van der Waals surface area contributed by atoms with Gasteiger partial charge in [-0.05, 0) is 38.0 Å². The maximum Gasteiger partial charge on any atom is 0.222 e. The van der Waals surface area contributed by atoms with Gasteiger partial charge in [0.05, 0.1) is 0 Å². The second-order valence-electron chi connectivity index (χ2n) is 5.49. The molecule has 1 rings (SSSR count). The molecule has 1 aromatic carbocycles. The minimum absolute atomic E-state index is 0.0664. The topological polar surface area (TPSA) is 46.3 Å². The van der Waals surface area contributed by atoms with E-state index >= 15 is 0 Å². The number of benzene rings is 1. The summed E-state index contributed by atoms with van der Waals surface area (Å²) >= 11 is 0. The molecule has 0 saturated carbocycles. The summed E-state index contributed by atoms with van der Waals surface area (Å²) in [5, 5.41) is 0. The summed E-state index contributed by atoms with van der Waals surface area (Å²) in [7, 11) is 1.63. The van der Waals surface area contributed by atoms with Crippen molar-refractivity contribution < 1.29 is 13.6 Å². The molecule has 0 unspecified atom stereocenters. The molecule has 19 heavy (non-hydrogen) atoms. The van der Waals surface area contributed by atoms with Crippen molar-refractivity contribution in [3.8, 4) is 0 Å². The minimum Gasteiger partial charge on any atom is -0.341 e. The first-order chi connectivity index (χ1) is 8.69. The van der Waals surface area contributed by atoms with Crippen LogP contribution in [0.25, 0.3) is 0 Å². The highest BCUT2D eigenvalue weighted by atomic mass is 19.2. The van der Waals surface area contributed by atoms with Crippen LogP contribution < -0.4 is 5.73 Å². The highest BCUT2D eigenvalue weighted by molar-refractivity contribution is 5.75. The molecule has 0 fully saturated rings. The Balaban J connectivity index is 2.56. The Kier molecular flexibility index (Phi) is 5.00. The van der Waals surface area contributed by atoms with Crippen molar-refractivity contribution >= 4 is 5.91 Å². The van der Waals surface area contributed by atoms with Crippen LogP contribution in [0.5, 0.6) is 0 Å². The van der Waals surface area contributed by atoms with Crippen LogP contribution in [0, 0.1) is 11.6 Å². The summed E-state index contributed by atoms with van der Waals surface area (Å²) in [4.78, 5) is 13.3. The van der Waals surface area contributed by atoms with Gasteiger partial charge in [-0.15, -0.1) is 0 Å². The van der Waals surface area contributed by atoms with Crippen LogP contribution >= 0.6 is 0 Å². The second kappa shape index (κ2) is 6.10. The summed E-state index contributed by atoms with van der Waals surface area (Å²) < 4.78 is 25.8. The largest absolute Gasteiger partial charge is 0.341 e. The molecule has 0 heterocycles.